The summed E-state index contributed by atoms with van der Waals surface area (Å²) < 4.78 is 5.23. The molecule has 1 atom stereocenters. The van der Waals surface area contributed by atoms with Crippen LogP contribution in [0.25, 0.3) is 5.76 Å². The van der Waals surface area contributed by atoms with Gasteiger partial charge in [0, 0.05) is 24.0 Å². The lowest BCUT2D eigenvalue weighted by molar-refractivity contribution is -0.141. The maximum atomic E-state index is 13.0. The molecule has 1 aromatic carbocycles. The predicted molar refractivity (Wildman–Crippen MR) is 104 cm³/mol. The van der Waals surface area contributed by atoms with Gasteiger partial charge in [0.15, 0.2) is 0 Å². The van der Waals surface area contributed by atoms with E-state index in [1.165, 1.54) is 7.11 Å². The van der Waals surface area contributed by atoms with E-state index in [1.807, 2.05) is 0 Å². The number of methoxy groups -OCH3 is 1. The summed E-state index contributed by atoms with van der Waals surface area (Å²) in [7, 11) is 1.54. The molecule has 1 aliphatic heterocycles. The van der Waals surface area contributed by atoms with Crippen LogP contribution in [0.3, 0.4) is 0 Å². The quantitative estimate of drug-likeness (QED) is 0.501. The number of carbonyl (C=O) groups is 2. The van der Waals surface area contributed by atoms with E-state index < -0.39 is 17.7 Å². The summed E-state index contributed by atoms with van der Waals surface area (Å²) in [6.45, 7) is 0. The Morgan fingerprint density at radius 3 is 2.54 bits per heavy atom. The second-order valence-electron chi connectivity index (χ2n) is 7.16. The van der Waals surface area contributed by atoms with Gasteiger partial charge >= 0.3 is 0 Å². The molecule has 1 aliphatic carbocycles. The molecule has 6 heteroatoms. The number of aliphatic hydroxyl groups excluding tert-OH is 1. The molecule has 2 aliphatic rings. The zero-order chi connectivity index (χ0) is 19.7. The van der Waals surface area contributed by atoms with Gasteiger partial charge in [0.2, 0.25) is 0 Å². The summed E-state index contributed by atoms with van der Waals surface area (Å²) in [6.07, 6.45) is 7.08. The van der Waals surface area contributed by atoms with E-state index in [9.17, 15) is 14.7 Å². The number of amides is 1. The molecule has 2 aromatic rings. The number of likely N-dealkylation sites (tertiary alicyclic amines) is 1. The summed E-state index contributed by atoms with van der Waals surface area (Å²) in [6, 6.07) is 9.82. The Morgan fingerprint density at radius 1 is 1.14 bits per heavy atom. The lowest BCUT2D eigenvalue weighted by Crippen LogP contribution is -2.37. The molecule has 0 spiro atoms. The van der Waals surface area contributed by atoms with E-state index in [0.717, 1.165) is 31.2 Å². The zero-order valence-corrected chi connectivity index (χ0v) is 15.7. The molecule has 1 amide bonds. The summed E-state index contributed by atoms with van der Waals surface area (Å²) >= 11 is 0. The Labute approximate surface area is 163 Å². The standard InChI is InChI=1S/C22H22N2O4/c1-28-17-8-4-5-15(13-17)20(25)18-19(14-9-11-23-12-10-14)24(22(27)21(18)26)16-6-2-3-7-16/h4-5,8-13,16,19,25H,2-3,6-7H2,1H3/b20-18-. The first-order valence-electron chi connectivity index (χ1n) is 9.46. The Kier molecular flexibility index (Phi) is 4.86. The van der Waals surface area contributed by atoms with Gasteiger partial charge in [0.05, 0.1) is 18.7 Å². The first-order chi connectivity index (χ1) is 13.6. The smallest absolute Gasteiger partial charge is 0.295 e. The number of hydrogen-bond donors (Lipinski definition) is 1. The van der Waals surface area contributed by atoms with Crippen LogP contribution in [0.4, 0.5) is 0 Å². The molecule has 1 saturated heterocycles. The predicted octanol–water partition coefficient (Wildman–Crippen LogP) is 3.45. The molecule has 28 heavy (non-hydrogen) atoms. The summed E-state index contributed by atoms with van der Waals surface area (Å²) in [4.78, 5) is 31.6. The molecule has 2 fully saturated rings. The van der Waals surface area contributed by atoms with Crippen LogP contribution in [-0.4, -0.2) is 39.8 Å². The topological polar surface area (TPSA) is 79.7 Å². The number of hydrogen-bond acceptors (Lipinski definition) is 5. The molecule has 4 rings (SSSR count). The van der Waals surface area contributed by atoms with Crippen molar-refractivity contribution in [2.24, 2.45) is 0 Å². The molecular weight excluding hydrogens is 356 g/mol. The van der Waals surface area contributed by atoms with Crippen LogP contribution in [0, 0.1) is 0 Å². The Hall–Kier alpha value is -3.15. The van der Waals surface area contributed by atoms with Crippen LogP contribution in [0.2, 0.25) is 0 Å². The summed E-state index contributed by atoms with van der Waals surface area (Å²) in [5, 5.41) is 11.0. The number of aromatic nitrogens is 1. The van der Waals surface area contributed by atoms with E-state index in [-0.39, 0.29) is 17.4 Å². The van der Waals surface area contributed by atoms with Crippen molar-refractivity contribution >= 4 is 17.4 Å². The lowest BCUT2D eigenvalue weighted by atomic mass is 9.95. The number of ether oxygens (including phenoxy) is 1. The minimum Gasteiger partial charge on any atom is -0.507 e. The number of pyridine rings is 1. The van der Waals surface area contributed by atoms with Crippen LogP contribution in [-0.2, 0) is 9.59 Å². The van der Waals surface area contributed by atoms with E-state index in [1.54, 1.807) is 53.7 Å². The van der Waals surface area contributed by atoms with Crippen molar-refractivity contribution in [1.82, 2.24) is 9.88 Å². The van der Waals surface area contributed by atoms with Gasteiger partial charge in [-0.15, -0.1) is 0 Å². The van der Waals surface area contributed by atoms with Crippen molar-refractivity contribution in [3.8, 4) is 5.75 Å². The van der Waals surface area contributed by atoms with E-state index >= 15 is 0 Å². The van der Waals surface area contributed by atoms with Crippen LogP contribution >= 0.6 is 0 Å². The first kappa shape index (κ1) is 18.2. The lowest BCUT2D eigenvalue weighted by Gasteiger charge is -2.30. The van der Waals surface area contributed by atoms with Crippen molar-refractivity contribution in [3.63, 3.8) is 0 Å². The second-order valence-corrected chi connectivity index (χ2v) is 7.16. The average molecular weight is 378 g/mol. The Balaban J connectivity index is 1.88. The highest BCUT2D eigenvalue weighted by molar-refractivity contribution is 6.46. The van der Waals surface area contributed by atoms with Crippen LogP contribution in [0.5, 0.6) is 5.75 Å². The second kappa shape index (κ2) is 7.46. The maximum Gasteiger partial charge on any atom is 0.295 e. The van der Waals surface area contributed by atoms with Crippen molar-refractivity contribution in [3.05, 3.63) is 65.5 Å². The van der Waals surface area contributed by atoms with Crippen LogP contribution < -0.4 is 4.74 Å². The highest BCUT2D eigenvalue weighted by Gasteiger charge is 2.49. The van der Waals surface area contributed by atoms with E-state index in [2.05, 4.69) is 4.98 Å². The molecule has 1 unspecified atom stereocenters. The molecule has 1 aromatic heterocycles. The van der Waals surface area contributed by atoms with Gasteiger partial charge < -0.3 is 14.7 Å². The molecule has 1 saturated carbocycles. The summed E-state index contributed by atoms with van der Waals surface area (Å²) in [5.74, 6) is -0.804. The molecule has 0 radical (unpaired) electrons. The number of benzene rings is 1. The Morgan fingerprint density at radius 2 is 1.86 bits per heavy atom. The zero-order valence-electron chi connectivity index (χ0n) is 15.7. The van der Waals surface area contributed by atoms with E-state index in [0.29, 0.717) is 11.3 Å². The maximum absolute atomic E-state index is 13.0. The third-order valence-electron chi connectivity index (χ3n) is 5.56. The third kappa shape index (κ3) is 3.05. The van der Waals surface area contributed by atoms with Crippen molar-refractivity contribution in [1.29, 1.82) is 0 Å². The number of carbonyl (C=O) groups excluding carboxylic acids is 2. The van der Waals surface area contributed by atoms with Gasteiger partial charge in [-0.25, -0.2) is 0 Å². The fraction of sp³-hybridized carbons (Fsp3) is 0.318. The minimum absolute atomic E-state index is 0.00484. The van der Waals surface area contributed by atoms with Gasteiger partial charge in [0.25, 0.3) is 11.7 Å². The molecule has 144 valence electrons. The minimum atomic E-state index is -0.644. The normalized spacial score (nSPS) is 22.0. The molecule has 0 bridgehead atoms. The largest absolute Gasteiger partial charge is 0.507 e. The van der Waals surface area contributed by atoms with Gasteiger partial charge in [-0.3, -0.25) is 14.6 Å². The fourth-order valence-corrected chi connectivity index (χ4v) is 4.21. The first-order valence-corrected chi connectivity index (χ1v) is 9.46. The van der Waals surface area contributed by atoms with Crippen LogP contribution in [0.1, 0.15) is 42.9 Å². The highest BCUT2D eigenvalue weighted by Crippen LogP contribution is 2.43. The van der Waals surface area contributed by atoms with E-state index in [4.69, 9.17) is 4.74 Å². The molecule has 2 heterocycles. The van der Waals surface area contributed by atoms with Crippen molar-refractivity contribution < 1.29 is 19.4 Å². The third-order valence-corrected chi connectivity index (χ3v) is 5.56. The monoisotopic (exact) mass is 378 g/mol. The number of aliphatic hydroxyl groups is 1. The SMILES string of the molecule is COc1cccc(/C(O)=C2/C(=O)C(=O)N(C3CCCC3)C2c2ccncc2)c1. The van der Waals surface area contributed by atoms with Gasteiger partial charge in [-0.05, 0) is 42.7 Å². The number of ketones is 1. The molecular formula is C22H22N2O4. The average Bonchev–Trinajstić information content (AvgIpc) is 3.35. The fourth-order valence-electron chi connectivity index (χ4n) is 4.21. The van der Waals surface area contributed by atoms with Crippen molar-refractivity contribution in [2.75, 3.05) is 7.11 Å². The van der Waals surface area contributed by atoms with Gasteiger partial charge in [-0.2, -0.15) is 0 Å². The summed E-state index contributed by atoms with van der Waals surface area (Å²) in [5.41, 5.74) is 1.34. The van der Waals surface area contributed by atoms with Gasteiger partial charge in [0.1, 0.15) is 11.5 Å². The van der Waals surface area contributed by atoms with Gasteiger partial charge in [-0.1, -0.05) is 25.0 Å². The molecule has 6 nitrogen and oxygen atoms in total. The number of Topliss-reactive ketones (excluding diaryl/α,β-unsaturated/α-hetero) is 1. The van der Waals surface area contributed by atoms with Crippen molar-refractivity contribution in [2.45, 2.75) is 37.8 Å². The molecule has 1 N–H and O–H groups in total. The Bertz CT molecular complexity index is 933. The van der Waals surface area contributed by atoms with Crippen LogP contribution in [0.15, 0.2) is 54.4 Å². The highest BCUT2D eigenvalue weighted by atomic mass is 16.5. The number of rotatable bonds is 4. The number of nitrogens with zero attached hydrogens (tertiary/aromatic N) is 2.